The highest BCUT2D eigenvalue weighted by atomic mass is 35.5. The number of nitrogens with two attached hydrogens (primary N) is 1. The summed E-state index contributed by atoms with van der Waals surface area (Å²) in [4.78, 5) is 4.06. The van der Waals surface area contributed by atoms with Gasteiger partial charge < -0.3 is 0 Å². The van der Waals surface area contributed by atoms with Gasteiger partial charge in [0.25, 0.3) is 0 Å². The van der Waals surface area contributed by atoms with Gasteiger partial charge in [0.2, 0.25) is 0 Å². The monoisotopic (exact) mass is 279 g/mol. The van der Waals surface area contributed by atoms with Crippen molar-refractivity contribution in [2.24, 2.45) is 5.84 Å². The minimum absolute atomic E-state index is 0.0653. The van der Waals surface area contributed by atoms with Crippen molar-refractivity contribution < 1.29 is 4.39 Å². The Hall–Kier alpha value is -1.49. The van der Waals surface area contributed by atoms with Gasteiger partial charge in [-0.05, 0) is 48.2 Å². The molecule has 2 rings (SSSR count). The van der Waals surface area contributed by atoms with E-state index >= 15 is 0 Å². The lowest BCUT2D eigenvalue weighted by molar-refractivity contribution is 0.547. The van der Waals surface area contributed by atoms with Crippen LogP contribution in [0.3, 0.4) is 0 Å². The molecule has 0 radical (unpaired) electrons. The van der Waals surface area contributed by atoms with E-state index in [0.717, 1.165) is 16.7 Å². The molecular formula is C14H15ClFN3. The van der Waals surface area contributed by atoms with Crippen molar-refractivity contribution >= 4 is 11.6 Å². The van der Waals surface area contributed by atoms with Gasteiger partial charge in [0, 0.05) is 12.4 Å². The molecule has 0 saturated carbocycles. The van der Waals surface area contributed by atoms with E-state index in [1.165, 1.54) is 6.07 Å². The Kier molecular flexibility index (Phi) is 4.47. The number of hydrogen-bond donors (Lipinski definition) is 2. The summed E-state index contributed by atoms with van der Waals surface area (Å²) in [5.41, 5.74) is 5.82. The number of hydrogen-bond acceptors (Lipinski definition) is 3. The minimum atomic E-state index is -0.414. The van der Waals surface area contributed by atoms with Crippen LogP contribution in [0.5, 0.6) is 0 Å². The van der Waals surface area contributed by atoms with Crippen LogP contribution in [0.2, 0.25) is 5.02 Å². The molecule has 0 aliphatic rings. The summed E-state index contributed by atoms with van der Waals surface area (Å²) in [6.07, 6.45) is 4.14. The quantitative estimate of drug-likeness (QED) is 0.668. The second-order valence-electron chi connectivity index (χ2n) is 4.40. The molecule has 0 spiro atoms. The first kappa shape index (κ1) is 13.9. The minimum Gasteiger partial charge on any atom is -0.271 e. The van der Waals surface area contributed by atoms with Gasteiger partial charge in [-0.15, -0.1) is 0 Å². The average Bonchev–Trinajstić information content (AvgIpc) is 2.41. The number of rotatable bonds is 4. The first-order chi connectivity index (χ1) is 9.11. The SMILES string of the molecule is Cc1cnccc1C(Cc1ccc(F)c(Cl)c1)NN. The fourth-order valence-corrected chi connectivity index (χ4v) is 2.24. The maximum absolute atomic E-state index is 13.1. The van der Waals surface area contributed by atoms with Crippen LogP contribution in [0.15, 0.2) is 36.7 Å². The molecule has 5 heteroatoms. The van der Waals surface area contributed by atoms with E-state index in [0.29, 0.717) is 6.42 Å². The van der Waals surface area contributed by atoms with Crippen molar-refractivity contribution in [3.05, 3.63) is 64.2 Å². The lowest BCUT2D eigenvalue weighted by atomic mass is 9.97. The Balaban J connectivity index is 2.24. The topological polar surface area (TPSA) is 50.9 Å². The van der Waals surface area contributed by atoms with Crippen LogP contribution in [0.25, 0.3) is 0 Å². The molecule has 3 N–H and O–H groups in total. The average molecular weight is 280 g/mol. The van der Waals surface area contributed by atoms with Gasteiger partial charge in [0.1, 0.15) is 5.82 Å². The highest BCUT2D eigenvalue weighted by molar-refractivity contribution is 6.30. The molecule has 3 nitrogen and oxygen atoms in total. The van der Waals surface area contributed by atoms with E-state index in [1.807, 2.05) is 13.0 Å². The fourth-order valence-electron chi connectivity index (χ4n) is 2.04. The second kappa shape index (κ2) is 6.10. The Morgan fingerprint density at radius 3 is 2.84 bits per heavy atom. The van der Waals surface area contributed by atoms with E-state index in [2.05, 4.69) is 10.4 Å². The molecule has 1 atom stereocenters. The molecule has 0 amide bonds. The first-order valence-corrected chi connectivity index (χ1v) is 6.30. The number of aromatic nitrogens is 1. The van der Waals surface area contributed by atoms with Crippen LogP contribution in [0.1, 0.15) is 22.7 Å². The zero-order valence-electron chi connectivity index (χ0n) is 10.5. The molecule has 100 valence electrons. The van der Waals surface area contributed by atoms with Crippen molar-refractivity contribution in [1.29, 1.82) is 0 Å². The number of aryl methyl sites for hydroxylation is 1. The summed E-state index contributed by atoms with van der Waals surface area (Å²) in [5.74, 6) is 5.20. The second-order valence-corrected chi connectivity index (χ2v) is 4.81. The number of nitrogens with one attached hydrogen (secondary N) is 1. The number of hydrazine groups is 1. The van der Waals surface area contributed by atoms with Crippen molar-refractivity contribution in [1.82, 2.24) is 10.4 Å². The molecule has 1 heterocycles. The predicted octanol–water partition coefficient (Wildman–Crippen LogP) is 2.93. The van der Waals surface area contributed by atoms with E-state index < -0.39 is 5.82 Å². The summed E-state index contributed by atoms with van der Waals surface area (Å²) in [6.45, 7) is 1.98. The van der Waals surface area contributed by atoms with Crippen LogP contribution in [-0.2, 0) is 6.42 Å². The highest BCUT2D eigenvalue weighted by Gasteiger charge is 2.13. The molecule has 0 aliphatic heterocycles. The summed E-state index contributed by atoms with van der Waals surface area (Å²) in [6, 6.07) is 6.56. The van der Waals surface area contributed by atoms with E-state index in [9.17, 15) is 4.39 Å². The molecule has 1 aromatic heterocycles. The van der Waals surface area contributed by atoms with E-state index in [4.69, 9.17) is 17.4 Å². The van der Waals surface area contributed by atoms with Gasteiger partial charge >= 0.3 is 0 Å². The highest BCUT2D eigenvalue weighted by Crippen LogP contribution is 2.23. The third kappa shape index (κ3) is 3.29. The van der Waals surface area contributed by atoms with Gasteiger partial charge in [-0.2, -0.15) is 0 Å². The molecule has 0 aliphatic carbocycles. The molecule has 1 aromatic carbocycles. The fraction of sp³-hybridized carbons (Fsp3) is 0.214. The maximum Gasteiger partial charge on any atom is 0.141 e. The standard InChI is InChI=1S/C14H15ClFN3/c1-9-8-18-5-4-11(9)14(19-17)7-10-2-3-13(16)12(15)6-10/h2-6,8,14,19H,7,17H2,1H3. The summed E-state index contributed by atoms with van der Waals surface area (Å²) in [7, 11) is 0. The molecule has 2 aromatic rings. The van der Waals surface area contributed by atoms with Crippen molar-refractivity contribution in [2.45, 2.75) is 19.4 Å². The van der Waals surface area contributed by atoms with E-state index in [-0.39, 0.29) is 11.1 Å². The zero-order valence-corrected chi connectivity index (χ0v) is 11.3. The van der Waals surface area contributed by atoms with Crippen LogP contribution >= 0.6 is 11.6 Å². The lowest BCUT2D eigenvalue weighted by Gasteiger charge is -2.18. The first-order valence-electron chi connectivity index (χ1n) is 5.92. The van der Waals surface area contributed by atoms with Gasteiger partial charge in [-0.3, -0.25) is 16.3 Å². The maximum atomic E-state index is 13.1. The van der Waals surface area contributed by atoms with Gasteiger partial charge in [0.15, 0.2) is 0 Å². The smallest absolute Gasteiger partial charge is 0.141 e. The van der Waals surface area contributed by atoms with Gasteiger partial charge in [-0.25, -0.2) is 4.39 Å². The number of nitrogens with zero attached hydrogens (tertiary/aromatic N) is 1. The third-order valence-corrected chi connectivity index (χ3v) is 3.35. The Bertz CT molecular complexity index is 574. The molecule has 0 fully saturated rings. The Labute approximate surface area is 116 Å². The summed E-state index contributed by atoms with van der Waals surface area (Å²) < 4.78 is 13.1. The van der Waals surface area contributed by atoms with Crippen molar-refractivity contribution in [2.75, 3.05) is 0 Å². The zero-order chi connectivity index (χ0) is 13.8. The summed E-state index contributed by atoms with van der Waals surface area (Å²) >= 11 is 5.78. The van der Waals surface area contributed by atoms with Crippen molar-refractivity contribution in [3.8, 4) is 0 Å². The lowest BCUT2D eigenvalue weighted by Crippen LogP contribution is -2.30. The number of halogens is 2. The van der Waals surface area contributed by atoms with Crippen LogP contribution < -0.4 is 11.3 Å². The Morgan fingerprint density at radius 2 is 2.21 bits per heavy atom. The Morgan fingerprint density at radius 1 is 1.42 bits per heavy atom. The van der Waals surface area contributed by atoms with Crippen LogP contribution in [0, 0.1) is 12.7 Å². The largest absolute Gasteiger partial charge is 0.271 e. The normalized spacial score (nSPS) is 12.4. The van der Waals surface area contributed by atoms with Gasteiger partial charge in [0.05, 0.1) is 11.1 Å². The predicted molar refractivity (Wildman–Crippen MR) is 74.2 cm³/mol. The molecule has 0 bridgehead atoms. The number of benzene rings is 1. The van der Waals surface area contributed by atoms with E-state index in [1.54, 1.807) is 24.5 Å². The van der Waals surface area contributed by atoms with Crippen LogP contribution in [0.4, 0.5) is 4.39 Å². The van der Waals surface area contributed by atoms with Gasteiger partial charge in [-0.1, -0.05) is 17.7 Å². The molecule has 0 saturated heterocycles. The molecule has 1 unspecified atom stereocenters. The number of pyridine rings is 1. The molecular weight excluding hydrogens is 265 g/mol. The van der Waals surface area contributed by atoms with Crippen LogP contribution in [-0.4, -0.2) is 4.98 Å². The molecule has 19 heavy (non-hydrogen) atoms. The summed E-state index contributed by atoms with van der Waals surface area (Å²) in [5, 5.41) is 0.125. The van der Waals surface area contributed by atoms with Crippen molar-refractivity contribution in [3.63, 3.8) is 0 Å². The third-order valence-electron chi connectivity index (χ3n) is 3.06.